The summed E-state index contributed by atoms with van der Waals surface area (Å²) in [5.74, 6) is -0.933. The highest BCUT2D eigenvalue weighted by atomic mass is 17.3. The molecule has 0 aromatic heterocycles. The molecule has 2 aliphatic rings. The van der Waals surface area contributed by atoms with Crippen LogP contribution < -0.4 is 0 Å². The Bertz CT molecular complexity index is 469. The van der Waals surface area contributed by atoms with Crippen LogP contribution in [0.25, 0.3) is 0 Å². The molecule has 2 heterocycles. The van der Waals surface area contributed by atoms with Crippen molar-refractivity contribution < 1.29 is 24.3 Å². The Morgan fingerprint density at radius 3 is 2.52 bits per heavy atom. The molecule has 0 amide bonds. The van der Waals surface area contributed by atoms with Crippen LogP contribution in [0.2, 0.25) is 0 Å². The molecule has 0 saturated carbocycles. The fraction of sp³-hybridized carbons (Fsp3) is 0.625. The first-order valence-electron chi connectivity index (χ1n) is 7.40. The van der Waals surface area contributed by atoms with Gasteiger partial charge in [-0.15, -0.1) is 0 Å². The molecular weight excluding hydrogens is 272 g/mol. The van der Waals surface area contributed by atoms with E-state index in [9.17, 15) is 0 Å². The lowest BCUT2D eigenvalue weighted by atomic mass is 9.96. The number of ether oxygens (including phenoxy) is 1. The average Bonchev–Trinajstić information content (AvgIpc) is 2.45. The molecular formula is C16H22O5. The van der Waals surface area contributed by atoms with Crippen LogP contribution in [0.5, 0.6) is 0 Å². The number of hydrogen-bond acceptors (Lipinski definition) is 5. The molecule has 3 atom stereocenters. The van der Waals surface area contributed by atoms with Gasteiger partial charge in [0.15, 0.2) is 6.29 Å². The SMILES string of the molecule is CC(C)(C)C1OOC2CCCC(c3ccccc3)(OO1)O2. The second-order valence-corrected chi connectivity index (χ2v) is 6.63. The van der Waals surface area contributed by atoms with E-state index in [1.54, 1.807) is 0 Å². The fourth-order valence-corrected chi connectivity index (χ4v) is 2.45. The summed E-state index contributed by atoms with van der Waals surface area (Å²) in [5, 5.41) is 0. The van der Waals surface area contributed by atoms with Crippen LogP contribution in [0.4, 0.5) is 0 Å². The van der Waals surface area contributed by atoms with Crippen molar-refractivity contribution in [3.63, 3.8) is 0 Å². The van der Waals surface area contributed by atoms with Crippen molar-refractivity contribution in [1.82, 2.24) is 0 Å². The maximum atomic E-state index is 5.97. The monoisotopic (exact) mass is 294 g/mol. The quantitative estimate of drug-likeness (QED) is 0.740. The van der Waals surface area contributed by atoms with Crippen LogP contribution in [-0.2, 0) is 30.1 Å². The minimum atomic E-state index is -0.933. The third-order valence-corrected chi connectivity index (χ3v) is 3.71. The third-order valence-electron chi connectivity index (χ3n) is 3.71. The van der Waals surface area contributed by atoms with E-state index in [2.05, 4.69) is 0 Å². The highest BCUT2D eigenvalue weighted by Crippen LogP contribution is 2.42. The van der Waals surface area contributed by atoms with E-state index in [-0.39, 0.29) is 5.41 Å². The molecule has 5 heteroatoms. The summed E-state index contributed by atoms with van der Waals surface area (Å²) in [7, 11) is 0. The molecule has 3 rings (SSSR count). The summed E-state index contributed by atoms with van der Waals surface area (Å²) in [6.45, 7) is 5.99. The van der Waals surface area contributed by atoms with Crippen molar-refractivity contribution in [2.45, 2.75) is 58.4 Å². The Kier molecular flexibility index (Phi) is 4.03. The van der Waals surface area contributed by atoms with Crippen molar-refractivity contribution in [2.24, 2.45) is 5.41 Å². The molecule has 0 radical (unpaired) electrons. The maximum absolute atomic E-state index is 5.97. The van der Waals surface area contributed by atoms with E-state index < -0.39 is 18.4 Å². The van der Waals surface area contributed by atoms with Gasteiger partial charge in [-0.25, -0.2) is 4.89 Å². The van der Waals surface area contributed by atoms with Gasteiger partial charge >= 0.3 is 0 Å². The molecule has 1 aromatic rings. The first-order valence-corrected chi connectivity index (χ1v) is 7.40. The van der Waals surface area contributed by atoms with Crippen molar-refractivity contribution in [1.29, 1.82) is 0 Å². The predicted octanol–water partition coefficient (Wildman–Crippen LogP) is 3.65. The van der Waals surface area contributed by atoms with Crippen LogP contribution in [0, 0.1) is 5.41 Å². The van der Waals surface area contributed by atoms with Crippen molar-refractivity contribution in [3.05, 3.63) is 35.9 Å². The summed E-state index contributed by atoms with van der Waals surface area (Å²) in [5.41, 5.74) is 0.650. The second kappa shape index (κ2) is 5.66. The van der Waals surface area contributed by atoms with Crippen molar-refractivity contribution in [3.8, 4) is 0 Å². The van der Waals surface area contributed by atoms with Crippen LogP contribution in [0.1, 0.15) is 45.6 Å². The van der Waals surface area contributed by atoms with Gasteiger partial charge in [-0.05, 0) is 6.42 Å². The zero-order chi connectivity index (χ0) is 14.9. The Morgan fingerprint density at radius 2 is 1.81 bits per heavy atom. The van der Waals surface area contributed by atoms with Crippen LogP contribution >= 0.6 is 0 Å². The summed E-state index contributed by atoms with van der Waals surface area (Å²) in [6.07, 6.45) is 1.33. The van der Waals surface area contributed by atoms with Gasteiger partial charge in [0.2, 0.25) is 12.1 Å². The number of rotatable bonds is 1. The topological polar surface area (TPSA) is 46.2 Å². The normalized spacial score (nSPS) is 34.0. The number of hydrogen-bond donors (Lipinski definition) is 0. The van der Waals surface area contributed by atoms with Gasteiger partial charge in [0.05, 0.1) is 0 Å². The van der Waals surface area contributed by atoms with Gasteiger partial charge in [0.1, 0.15) is 0 Å². The third kappa shape index (κ3) is 3.12. The van der Waals surface area contributed by atoms with Crippen LogP contribution in [0.15, 0.2) is 30.3 Å². The lowest BCUT2D eigenvalue weighted by Gasteiger charge is -2.43. The number of benzene rings is 1. The standard InChI is InChI=1S/C16H22O5/c1-15(2,3)14-19-18-13-10-7-11-16(17-13,21-20-14)12-8-5-4-6-9-12/h4-6,8-9,13-14H,7,10-11H2,1-3H3. The smallest absolute Gasteiger partial charge is 0.230 e. The molecule has 2 fully saturated rings. The van der Waals surface area contributed by atoms with Gasteiger partial charge < -0.3 is 4.74 Å². The summed E-state index contributed by atoms with van der Waals surface area (Å²) in [4.78, 5) is 22.0. The van der Waals surface area contributed by atoms with Crippen molar-refractivity contribution >= 4 is 0 Å². The highest BCUT2D eigenvalue weighted by molar-refractivity contribution is 5.20. The van der Waals surface area contributed by atoms with Crippen LogP contribution in [-0.4, -0.2) is 12.6 Å². The number of fused-ring (bicyclic) bond motifs is 2. The van der Waals surface area contributed by atoms with E-state index in [0.717, 1.165) is 18.4 Å². The molecule has 0 aliphatic carbocycles. The molecule has 116 valence electrons. The second-order valence-electron chi connectivity index (χ2n) is 6.63. The van der Waals surface area contributed by atoms with E-state index in [1.165, 1.54) is 0 Å². The Morgan fingerprint density at radius 1 is 1.05 bits per heavy atom. The Balaban J connectivity index is 1.88. The maximum Gasteiger partial charge on any atom is 0.230 e. The summed E-state index contributed by atoms with van der Waals surface area (Å²) >= 11 is 0. The fourth-order valence-electron chi connectivity index (χ4n) is 2.45. The van der Waals surface area contributed by atoms with E-state index >= 15 is 0 Å². The minimum absolute atomic E-state index is 0.274. The van der Waals surface area contributed by atoms with E-state index in [4.69, 9.17) is 24.3 Å². The summed E-state index contributed by atoms with van der Waals surface area (Å²) in [6, 6.07) is 9.82. The van der Waals surface area contributed by atoms with Gasteiger partial charge in [0, 0.05) is 23.8 Å². The minimum Gasteiger partial charge on any atom is -0.311 e. The molecule has 2 bridgehead atoms. The predicted molar refractivity (Wildman–Crippen MR) is 74.4 cm³/mol. The average molecular weight is 294 g/mol. The van der Waals surface area contributed by atoms with Crippen molar-refractivity contribution in [2.75, 3.05) is 0 Å². The van der Waals surface area contributed by atoms with E-state index in [1.807, 2.05) is 51.1 Å². The molecule has 0 N–H and O–H groups in total. The Hall–Kier alpha value is -0.980. The largest absolute Gasteiger partial charge is 0.311 e. The molecule has 21 heavy (non-hydrogen) atoms. The van der Waals surface area contributed by atoms with Gasteiger partial charge in [-0.2, -0.15) is 14.7 Å². The lowest BCUT2D eigenvalue weighted by molar-refractivity contribution is -0.598. The Labute approximate surface area is 124 Å². The van der Waals surface area contributed by atoms with Gasteiger partial charge in [0.25, 0.3) is 0 Å². The highest BCUT2D eigenvalue weighted by Gasteiger charge is 2.46. The van der Waals surface area contributed by atoms with Crippen LogP contribution in [0.3, 0.4) is 0 Å². The van der Waals surface area contributed by atoms with Gasteiger partial charge in [-0.3, -0.25) is 0 Å². The first kappa shape index (κ1) is 14.9. The molecule has 5 nitrogen and oxygen atoms in total. The zero-order valence-corrected chi connectivity index (χ0v) is 12.7. The molecule has 1 aromatic carbocycles. The van der Waals surface area contributed by atoms with Gasteiger partial charge in [-0.1, -0.05) is 51.1 Å². The van der Waals surface area contributed by atoms with E-state index in [0.29, 0.717) is 6.42 Å². The summed E-state index contributed by atoms with van der Waals surface area (Å²) < 4.78 is 5.97. The molecule has 2 saturated heterocycles. The lowest BCUT2D eigenvalue weighted by Crippen LogP contribution is -2.47. The molecule has 2 aliphatic heterocycles. The molecule has 0 spiro atoms. The first-order chi connectivity index (χ1) is 10.00. The zero-order valence-electron chi connectivity index (χ0n) is 12.7. The molecule has 3 unspecified atom stereocenters.